The second-order valence-electron chi connectivity index (χ2n) is 3.48. The van der Waals surface area contributed by atoms with Gasteiger partial charge in [-0.15, -0.1) is 0 Å². The number of carbonyl (C=O) groups is 2. The van der Waals surface area contributed by atoms with E-state index in [4.69, 9.17) is 14.9 Å². The Morgan fingerprint density at radius 1 is 1.25 bits per heavy atom. The van der Waals surface area contributed by atoms with Crippen molar-refractivity contribution in [1.29, 1.82) is 0 Å². The largest absolute Gasteiger partial charge is 0.501 e. The van der Waals surface area contributed by atoms with Crippen LogP contribution in [0.2, 0.25) is 0 Å². The van der Waals surface area contributed by atoms with Crippen molar-refractivity contribution in [3.05, 3.63) is 23.5 Å². The molecule has 0 unspecified atom stereocenters. The van der Waals surface area contributed by atoms with E-state index in [0.717, 1.165) is 5.57 Å². The highest BCUT2D eigenvalue weighted by atomic mass is 16.5. The Balaban J connectivity index is 4.01. The van der Waals surface area contributed by atoms with E-state index in [0.29, 0.717) is 19.1 Å². The molecule has 0 aliphatic heterocycles. The zero-order valence-corrected chi connectivity index (χ0v) is 9.40. The van der Waals surface area contributed by atoms with Crippen LogP contribution >= 0.6 is 0 Å². The zero-order chi connectivity index (χ0) is 12.6. The number of hydrogen-bond acceptors (Lipinski definition) is 3. The molecule has 5 heteroatoms. The molecule has 0 amide bonds. The monoisotopic (exact) mass is 228 g/mol. The zero-order valence-electron chi connectivity index (χ0n) is 9.40. The molecule has 5 nitrogen and oxygen atoms in total. The molecule has 90 valence electrons. The number of rotatable bonds is 7. The van der Waals surface area contributed by atoms with Crippen molar-refractivity contribution in [3.8, 4) is 0 Å². The van der Waals surface area contributed by atoms with Crippen LogP contribution in [0, 0.1) is 0 Å². The molecule has 0 fully saturated rings. The van der Waals surface area contributed by atoms with Crippen LogP contribution in [0.3, 0.4) is 0 Å². The molecule has 0 aliphatic carbocycles. The molecule has 0 saturated carbocycles. The third kappa shape index (κ3) is 7.61. The molecule has 0 heterocycles. The van der Waals surface area contributed by atoms with E-state index in [2.05, 4.69) is 0 Å². The van der Waals surface area contributed by atoms with E-state index in [-0.39, 0.29) is 12.0 Å². The van der Waals surface area contributed by atoms with Gasteiger partial charge in [-0.1, -0.05) is 0 Å². The van der Waals surface area contributed by atoms with E-state index < -0.39 is 11.9 Å². The van der Waals surface area contributed by atoms with Crippen molar-refractivity contribution in [1.82, 2.24) is 0 Å². The van der Waals surface area contributed by atoms with Gasteiger partial charge in [-0.05, 0) is 32.3 Å². The normalized spacial score (nSPS) is 10.8. The fourth-order valence-electron chi connectivity index (χ4n) is 0.961. The minimum absolute atomic E-state index is 0.117. The molecule has 0 spiro atoms. The quantitative estimate of drug-likeness (QED) is 0.394. The Morgan fingerprint density at radius 2 is 1.88 bits per heavy atom. The summed E-state index contributed by atoms with van der Waals surface area (Å²) in [5.41, 5.74) is 0.896. The lowest BCUT2D eigenvalue weighted by Crippen LogP contribution is -2.05. The van der Waals surface area contributed by atoms with Gasteiger partial charge in [0.15, 0.2) is 0 Å². The van der Waals surface area contributed by atoms with Crippen LogP contribution in [0.4, 0.5) is 0 Å². The highest BCUT2D eigenvalue weighted by molar-refractivity contribution is 5.94. The maximum Gasteiger partial charge on any atom is 0.331 e. The summed E-state index contributed by atoms with van der Waals surface area (Å²) in [6.45, 7) is 4.13. The highest BCUT2D eigenvalue weighted by Crippen LogP contribution is 2.06. The minimum atomic E-state index is -1.25. The predicted octanol–water partition coefficient (Wildman–Crippen LogP) is 1.80. The van der Waals surface area contributed by atoms with Crippen LogP contribution in [-0.2, 0) is 14.3 Å². The molecular formula is C11H16O5. The number of carboxylic acids is 2. The Labute approximate surface area is 94.0 Å². The van der Waals surface area contributed by atoms with Crippen molar-refractivity contribution < 1.29 is 24.5 Å². The Morgan fingerprint density at radius 3 is 2.31 bits per heavy atom. The lowest BCUT2D eigenvalue weighted by atomic mass is 10.1. The third-order valence-electron chi connectivity index (χ3n) is 1.60. The first-order valence-electron chi connectivity index (χ1n) is 4.85. The summed E-state index contributed by atoms with van der Waals surface area (Å²) < 4.78 is 5.10. The predicted molar refractivity (Wildman–Crippen MR) is 58.0 cm³/mol. The first-order valence-corrected chi connectivity index (χ1v) is 4.85. The van der Waals surface area contributed by atoms with Crippen molar-refractivity contribution in [2.75, 3.05) is 6.61 Å². The van der Waals surface area contributed by atoms with Gasteiger partial charge in [0, 0.05) is 11.6 Å². The van der Waals surface area contributed by atoms with Gasteiger partial charge < -0.3 is 14.9 Å². The van der Waals surface area contributed by atoms with E-state index in [1.807, 2.05) is 13.8 Å². The first kappa shape index (κ1) is 14.2. The van der Waals surface area contributed by atoms with Gasteiger partial charge in [0.1, 0.15) is 0 Å². The van der Waals surface area contributed by atoms with Gasteiger partial charge in [-0.25, -0.2) is 9.59 Å². The molecule has 0 aromatic carbocycles. The molecule has 2 N–H and O–H groups in total. The van der Waals surface area contributed by atoms with Gasteiger partial charge in [0.05, 0.1) is 12.9 Å². The average Bonchev–Trinajstić information content (AvgIpc) is 2.14. The number of ether oxygens (including phenoxy) is 1. The fourth-order valence-corrected chi connectivity index (χ4v) is 0.961. The average molecular weight is 228 g/mol. The Kier molecular flexibility index (Phi) is 6.67. The smallest absolute Gasteiger partial charge is 0.331 e. The van der Waals surface area contributed by atoms with Crippen molar-refractivity contribution >= 4 is 11.9 Å². The molecule has 0 saturated heterocycles. The van der Waals surface area contributed by atoms with E-state index in [1.54, 1.807) is 6.26 Å². The summed E-state index contributed by atoms with van der Waals surface area (Å²) in [5.74, 6) is -2.45. The van der Waals surface area contributed by atoms with Gasteiger partial charge >= 0.3 is 11.9 Å². The van der Waals surface area contributed by atoms with E-state index in [1.165, 1.54) is 0 Å². The molecule has 0 aromatic heterocycles. The second-order valence-corrected chi connectivity index (χ2v) is 3.48. The summed E-state index contributed by atoms with van der Waals surface area (Å²) in [6.07, 6.45) is 2.94. The molecule has 0 bridgehead atoms. The molecule has 0 atom stereocenters. The highest BCUT2D eigenvalue weighted by Gasteiger charge is 2.08. The van der Waals surface area contributed by atoms with E-state index >= 15 is 0 Å². The van der Waals surface area contributed by atoms with Crippen LogP contribution in [-0.4, -0.2) is 28.8 Å². The SMILES string of the molecule is CC(C)=COCCC/C(=C/C(=O)O)C(=O)O. The molecule has 16 heavy (non-hydrogen) atoms. The lowest BCUT2D eigenvalue weighted by Gasteiger charge is -2.02. The van der Waals surface area contributed by atoms with Gasteiger partial charge in [0.25, 0.3) is 0 Å². The van der Waals surface area contributed by atoms with Crippen LogP contribution in [0.1, 0.15) is 26.7 Å². The lowest BCUT2D eigenvalue weighted by molar-refractivity contribution is -0.135. The third-order valence-corrected chi connectivity index (χ3v) is 1.60. The number of hydrogen-bond donors (Lipinski definition) is 2. The first-order chi connectivity index (χ1) is 7.43. The topological polar surface area (TPSA) is 83.8 Å². The van der Waals surface area contributed by atoms with Gasteiger partial charge in [-0.2, -0.15) is 0 Å². The van der Waals surface area contributed by atoms with Crippen LogP contribution in [0.25, 0.3) is 0 Å². The van der Waals surface area contributed by atoms with Crippen molar-refractivity contribution in [2.24, 2.45) is 0 Å². The van der Waals surface area contributed by atoms with Crippen LogP contribution < -0.4 is 0 Å². The molecule has 0 aliphatic rings. The summed E-state index contributed by atoms with van der Waals surface area (Å²) in [5, 5.41) is 17.1. The summed E-state index contributed by atoms with van der Waals surface area (Å²) in [4.78, 5) is 20.9. The maximum absolute atomic E-state index is 10.6. The number of allylic oxidation sites excluding steroid dienone is 1. The summed E-state index contributed by atoms with van der Waals surface area (Å²) in [7, 11) is 0. The fraction of sp³-hybridized carbons (Fsp3) is 0.455. The number of aliphatic carboxylic acids is 2. The van der Waals surface area contributed by atoms with Gasteiger partial charge in [0.2, 0.25) is 0 Å². The van der Waals surface area contributed by atoms with Gasteiger partial charge in [-0.3, -0.25) is 0 Å². The summed E-state index contributed by atoms with van der Waals surface area (Å²) in [6, 6.07) is 0. The second kappa shape index (κ2) is 7.50. The standard InChI is InChI=1S/C11H16O5/c1-8(2)7-16-5-3-4-9(11(14)15)6-10(12)13/h6-7H,3-5H2,1-2H3,(H,12,13)(H,14,15)/b9-6-. The van der Waals surface area contributed by atoms with Crippen molar-refractivity contribution in [2.45, 2.75) is 26.7 Å². The Hall–Kier alpha value is -1.78. The maximum atomic E-state index is 10.6. The summed E-state index contributed by atoms with van der Waals surface area (Å²) >= 11 is 0. The van der Waals surface area contributed by atoms with Crippen LogP contribution in [0.15, 0.2) is 23.5 Å². The molecule has 0 rings (SSSR count). The molecule has 0 aromatic rings. The minimum Gasteiger partial charge on any atom is -0.501 e. The number of carboxylic acid groups (broad SMARTS) is 2. The van der Waals surface area contributed by atoms with E-state index in [9.17, 15) is 9.59 Å². The molecule has 0 radical (unpaired) electrons. The molecular weight excluding hydrogens is 212 g/mol. The van der Waals surface area contributed by atoms with Crippen LogP contribution in [0.5, 0.6) is 0 Å². The Bertz CT molecular complexity index is 310. The van der Waals surface area contributed by atoms with Crippen molar-refractivity contribution in [3.63, 3.8) is 0 Å².